The van der Waals surface area contributed by atoms with Gasteiger partial charge in [0.05, 0.1) is 24.0 Å². The van der Waals surface area contributed by atoms with Crippen molar-refractivity contribution in [3.8, 4) is 5.75 Å². The summed E-state index contributed by atoms with van der Waals surface area (Å²) in [6.45, 7) is 5.90. The first-order valence-corrected chi connectivity index (χ1v) is 12.6. The number of amides is 3. The van der Waals surface area contributed by atoms with E-state index in [1.54, 1.807) is 56.3 Å². The number of benzene rings is 3. The molecule has 39 heavy (non-hydrogen) atoms. The molecule has 0 bridgehead atoms. The number of carbonyl (C=O) groups is 4. The molecule has 0 aliphatic carbocycles. The first-order chi connectivity index (χ1) is 18.7. The molecule has 1 heterocycles. The molecule has 0 saturated carbocycles. The van der Waals surface area contributed by atoms with E-state index in [4.69, 9.17) is 21.1 Å². The van der Waals surface area contributed by atoms with Crippen LogP contribution in [0.5, 0.6) is 5.75 Å². The van der Waals surface area contributed by atoms with Crippen LogP contribution in [0.15, 0.2) is 83.5 Å². The predicted octanol–water partition coefficient (Wildman–Crippen LogP) is 5.34. The van der Waals surface area contributed by atoms with E-state index in [2.05, 4.69) is 10.6 Å². The second-order valence-electron chi connectivity index (χ2n) is 8.75. The van der Waals surface area contributed by atoms with Gasteiger partial charge in [0.2, 0.25) is 0 Å². The minimum absolute atomic E-state index is 0.131. The van der Waals surface area contributed by atoms with Gasteiger partial charge in [-0.15, -0.1) is 0 Å². The number of carbonyl (C=O) groups excluding carboxylic acids is 4. The summed E-state index contributed by atoms with van der Waals surface area (Å²) in [4.78, 5) is 51.8. The summed E-state index contributed by atoms with van der Waals surface area (Å²) in [6, 6.07) is 19.3. The van der Waals surface area contributed by atoms with Crippen LogP contribution >= 0.6 is 11.6 Å². The van der Waals surface area contributed by atoms with Crippen molar-refractivity contribution in [2.45, 2.75) is 26.9 Å². The van der Waals surface area contributed by atoms with E-state index in [1.165, 1.54) is 30.3 Å². The van der Waals surface area contributed by atoms with Crippen LogP contribution in [-0.4, -0.2) is 36.4 Å². The molecule has 0 saturated heterocycles. The zero-order valence-corrected chi connectivity index (χ0v) is 22.2. The molecule has 1 aliphatic rings. The number of ether oxygens (including phenoxy) is 2. The average molecular weight is 548 g/mol. The maximum atomic E-state index is 13.1. The van der Waals surface area contributed by atoms with Gasteiger partial charge >= 0.3 is 5.97 Å². The Morgan fingerprint density at radius 2 is 1.59 bits per heavy atom. The van der Waals surface area contributed by atoms with E-state index in [-0.39, 0.29) is 34.0 Å². The molecule has 10 heteroatoms. The number of halogens is 1. The fourth-order valence-corrected chi connectivity index (χ4v) is 3.97. The quantitative estimate of drug-likeness (QED) is 0.274. The average Bonchev–Trinajstić information content (AvgIpc) is 3.12. The van der Waals surface area contributed by atoms with Gasteiger partial charge in [-0.3, -0.25) is 14.4 Å². The molecule has 0 aromatic heterocycles. The summed E-state index contributed by atoms with van der Waals surface area (Å²) in [5.74, 6) is -1.57. The standard InChI is InChI=1S/C29H26ClN3O6/c1-4-38-23-14-10-20(11-15-23)32-26(34)19-6-5-7-21(16-19)31-25-24(30)27(35)33(28(25)36)22-12-8-18(9-13-22)29(37)39-17(2)3/h5-17,31H,4H2,1-3H3,(H,32,34). The number of esters is 1. The van der Waals surface area contributed by atoms with Gasteiger partial charge in [0.25, 0.3) is 17.7 Å². The van der Waals surface area contributed by atoms with Gasteiger partial charge in [-0.05, 0) is 87.5 Å². The van der Waals surface area contributed by atoms with E-state index in [9.17, 15) is 19.2 Å². The first-order valence-electron chi connectivity index (χ1n) is 12.2. The Morgan fingerprint density at radius 1 is 0.897 bits per heavy atom. The van der Waals surface area contributed by atoms with Crippen LogP contribution in [-0.2, 0) is 14.3 Å². The SMILES string of the molecule is CCOc1ccc(NC(=O)c2cccc(NC3=C(Cl)C(=O)N(c4ccc(C(=O)OC(C)C)cc4)C3=O)c2)cc1. The predicted molar refractivity (Wildman–Crippen MR) is 148 cm³/mol. The molecule has 0 radical (unpaired) electrons. The number of anilines is 3. The van der Waals surface area contributed by atoms with Crippen molar-refractivity contribution in [1.82, 2.24) is 0 Å². The second kappa shape index (κ2) is 11.8. The summed E-state index contributed by atoms with van der Waals surface area (Å²) in [5, 5.41) is 5.37. The molecule has 0 spiro atoms. The highest BCUT2D eigenvalue weighted by Gasteiger charge is 2.39. The fourth-order valence-electron chi connectivity index (χ4n) is 3.76. The van der Waals surface area contributed by atoms with Gasteiger partial charge < -0.3 is 20.1 Å². The van der Waals surface area contributed by atoms with Crippen LogP contribution in [0, 0.1) is 0 Å². The molecule has 0 atom stereocenters. The van der Waals surface area contributed by atoms with Gasteiger partial charge in [0.15, 0.2) is 0 Å². The Labute approximate surface area is 230 Å². The lowest BCUT2D eigenvalue weighted by Gasteiger charge is -2.16. The first kappa shape index (κ1) is 27.4. The molecular weight excluding hydrogens is 522 g/mol. The Hall–Kier alpha value is -4.63. The van der Waals surface area contributed by atoms with E-state index in [0.717, 1.165) is 4.90 Å². The lowest BCUT2D eigenvalue weighted by Crippen LogP contribution is -2.32. The van der Waals surface area contributed by atoms with Gasteiger partial charge in [0.1, 0.15) is 16.5 Å². The molecule has 3 aromatic rings. The molecule has 3 amide bonds. The molecule has 3 aromatic carbocycles. The molecule has 9 nitrogen and oxygen atoms in total. The topological polar surface area (TPSA) is 114 Å². The molecule has 0 unspecified atom stereocenters. The summed E-state index contributed by atoms with van der Waals surface area (Å²) >= 11 is 6.24. The smallest absolute Gasteiger partial charge is 0.338 e. The number of nitrogens with one attached hydrogen (secondary N) is 2. The molecule has 4 rings (SSSR count). The summed E-state index contributed by atoms with van der Waals surface area (Å²) in [6.07, 6.45) is -0.285. The number of nitrogens with zero attached hydrogens (tertiary/aromatic N) is 1. The van der Waals surface area contributed by atoms with Crippen molar-refractivity contribution in [1.29, 1.82) is 0 Å². The van der Waals surface area contributed by atoms with Crippen LogP contribution in [0.1, 0.15) is 41.5 Å². The Balaban J connectivity index is 1.46. The molecular formula is C29H26ClN3O6. The van der Waals surface area contributed by atoms with E-state index >= 15 is 0 Å². The third-order valence-electron chi connectivity index (χ3n) is 5.55. The number of rotatable bonds is 9. The lowest BCUT2D eigenvalue weighted by atomic mass is 10.1. The fraction of sp³-hybridized carbons (Fsp3) is 0.172. The summed E-state index contributed by atoms with van der Waals surface area (Å²) in [7, 11) is 0. The van der Waals surface area contributed by atoms with Crippen LogP contribution in [0.4, 0.5) is 17.1 Å². The van der Waals surface area contributed by atoms with Crippen LogP contribution in [0.25, 0.3) is 0 Å². The largest absolute Gasteiger partial charge is 0.494 e. The summed E-state index contributed by atoms with van der Waals surface area (Å²) in [5.41, 5.74) is 1.69. The monoisotopic (exact) mass is 547 g/mol. The number of hydrogen-bond donors (Lipinski definition) is 2. The molecule has 1 aliphatic heterocycles. The lowest BCUT2D eigenvalue weighted by molar-refractivity contribution is -0.120. The highest BCUT2D eigenvalue weighted by Crippen LogP contribution is 2.30. The van der Waals surface area contributed by atoms with Crippen molar-refractivity contribution >= 4 is 52.4 Å². The van der Waals surface area contributed by atoms with Gasteiger partial charge in [-0.25, -0.2) is 9.69 Å². The summed E-state index contributed by atoms with van der Waals surface area (Å²) < 4.78 is 10.6. The third-order valence-corrected chi connectivity index (χ3v) is 5.90. The highest BCUT2D eigenvalue weighted by molar-refractivity contribution is 6.53. The van der Waals surface area contributed by atoms with Crippen molar-refractivity contribution in [3.63, 3.8) is 0 Å². The van der Waals surface area contributed by atoms with Crippen LogP contribution in [0.3, 0.4) is 0 Å². The van der Waals surface area contributed by atoms with Crippen LogP contribution < -0.4 is 20.3 Å². The van der Waals surface area contributed by atoms with E-state index in [1.807, 2.05) is 6.92 Å². The van der Waals surface area contributed by atoms with Crippen LogP contribution in [0.2, 0.25) is 0 Å². The van der Waals surface area contributed by atoms with E-state index in [0.29, 0.717) is 29.3 Å². The minimum atomic E-state index is -0.717. The van der Waals surface area contributed by atoms with Crippen molar-refractivity contribution in [2.75, 3.05) is 22.1 Å². The Morgan fingerprint density at radius 3 is 2.23 bits per heavy atom. The number of imide groups is 1. The zero-order valence-electron chi connectivity index (χ0n) is 21.5. The Kier molecular flexibility index (Phi) is 8.31. The van der Waals surface area contributed by atoms with Crippen molar-refractivity contribution in [3.05, 3.63) is 94.7 Å². The Bertz CT molecular complexity index is 1450. The zero-order chi connectivity index (χ0) is 28.1. The molecule has 200 valence electrons. The maximum absolute atomic E-state index is 13.1. The second-order valence-corrected chi connectivity index (χ2v) is 9.13. The molecule has 0 fully saturated rings. The minimum Gasteiger partial charge on any atom is -0.494 e. The molecule has 2 N–H and O–H groups in total. The van der Waals surface area contributed by atoms with Crippen molar-refractivity contribution < 1.29 is 28.7 Å². The van der Waals surface area contributed by atoms with Gasteiger partial charge in [-0.1, -0.05) is 17.7 Å². The normalized spacial score (nSPS) is 13.1. The van der Waals surface area contributed by atoms with Gasteiger partial charge in [-0.2, -0.15) is 0 Å². The highest BCUT2D eigenvalue weighted by atomic mass is 35.5. The van der Waals surface area contributed by atoms with Gasteiger partial charge in [0, 0.05) is 16.9 Å². The maximum Gasteiger partial charge on any atom is 0.338 e. The van der Waals surface area contributed by atoms with E-state index < -0.39 is 17.8 Å². The third kappa shape index (κ3) is 6.27. The van der Waals surface area contributed by atoms with Crippen molar-refractivity contribution in [2.24, 2.45) is 0 Å². The number of hydrogen-bond acceptors (Lipinski definition) is 7.